The number of thiophene rings is 1. The second-order valence-corrected chi connectivity index (χ2v) is 9.70. The van der Waals surface area contributed by atoms with Crippen LogP contribution in [0, 0.1) is 6.92 Å². The molecule has 0 saturated heterocycles. The first-order valence-corrected chi connectivity index (χ1v) is 12.5. The molecule has 5 rings (SSSR count). The van der Waals surface area contributed by atoms with Gasteiger partial charge in [0.05, 0.1) is 28.8 Å². The van der Waals surface area contributed by atoms with E-state index in [4.69, 9.17) is 0 Å². The van der Waals surface area contributed by atoms with Crippen LogP contribution in [0.2, 0.25) is 0 Å². The quantitative estimate of drug-likeness (QED) is 0.215. The zero-order valence-corrected chi connectivity index (χ0v) is 21.1. The highest BCUT2D eigenvalue weighted by Gasteiger charge is 2.17. The van der Waals surface area contributed by atoms with Crippen LogP contribution in [0.5, 0.6) is 0 Å². The van der Waals surface area contributed by atoms with Crippen molar-refractivity contribution >= 4 is 33.5 Å². The van der Waals surface area contributed by atoms with Crippen molar-refractivity contribution < 1.29 is 0 Å². The zero-order chi connectivity index (χ0) is 24.4. The molecule has 0 radical (unpaired) electrons. The number of fused-ring (bicyclic) bond motifs is 1. The SMILES string of the molecule is C/C=C\C=C(\c1cccs1)c1cc(-c2n[nH]c3cnc(-c4cncc(NC(C)C)c4)cc23)[nH]c1C. The Morgan fingerprint density at radius 3 is 2.80 bits per heavy atom. The van der Waals surface area contributed by atoms with Crippen molar-refractivity contribution in [2.24, 2.45) is 0 Å². The molecule has 0 spiro atoms. The van der Waals surface area contributed by atoms with Crippen molar-refractivity contribution in [2.75, 3.05) is 5.32 Å². The average molecular weight is 481 g/mol. The van der Waals surface area contributed by atoms with Gasteiger partial charge in [-0.2, -0.15) is 5.10 Å². The van der Waals surface area contributed by atoms with Crippen molar-refractivity contribution in [1.29, 1.82) is 0 Å². The van der Waals surface area contributed by atoms with Gasteiger partial charge in [-0.25, -0.2) is 0 Å². The summed E-state index contributed by atoms with van der Waals surface area (Å²) in [6, 6.07) is 10.9. The molecule has 0 saturated carbocycles. The maximum Gasteiger partial charge on any atom is 0.116 e. The Balaban J connectivity index is 1.57. The fourth-order valence-corrected chi connectivity index (χ4v) is 4.93. The number of H-pyrrole nitrogens is 2. The number of aromatic amines is 2. The topological polar surface area (TPSA) is 82.3 Å². The van der Waals surface area contributed by atoms with E-state index in [0.29, 0.717) is 6.04 Å². The van der Waals surface area contributed by atoms with Crippen LogP contribution in [0.25, 0.3) is 39.1 Å². The molecular weight excluding hydrogens is 452 g/mol. The van der Waals surface area contributed by atoms with Crippen LogP contribution in [0.3, 0.4) is 0 Å². The van der Waals surface area contributed by atoms with Crippen LogP contribution in [0.15, 0.2) is 72.5 Å². The largest absolute Gasteiger partial charge is 0.382 e. The Morgan fingerprint density at radius 1 is 1.14 bits per heavy atom. The number of rotatable bonds is 7. The third-order valence-electron chi connectivity index (χ3n) is 5.74. The molecule has 176 valence electrons. The number of hydrogen-bond acceptors (Lipinski definition) is 5. The van der Waals surface area contributed by atoms with E-state index >= 15 is 0 Å². The third kappa shape index (κ3) is 4.68. The molecule has 0 fully saturated rings. The Labute approximate surface area is 208 Å². The molecule has 35 heavy (non-hydrogen) atoms. The smallest absolute Gasteiger partial charge is 0.116 e. The van der Waals surface area contributed by atoms with Gasteiger partial charge in [-0.05, 0) is 57.3 Å². The molecule has 5 aromatic heterocycles. The molecule has 0 aliphatic rings. The average Bonchev–Trinajstić information content (AvgIpc) is 3.59. The minimum atomic E-state index is 0.328. The van der Waals surface area contributed by atoms with Gasteiger partial charge in [-0.1, -0.05) is 24.3 Å². The van der Waals surface area contributed by atoms with E-state index in [1.807, 2.05) is 31.6 Å². The predicted octanol–water partition coefficient (Wildman–Crippen LogP) is 7.21. The monoisotopic (exact) mass is 480 g/mol. The third-order valence-corrected chi connectivity index (χ3v) is 6.64. The molecule has 6 nitrogen and oxygen atoms in total. The molecule has 0 aliphatic heterocycles. The minimum absolute atomic E-state index is 0.328. The first kappa shape index (κ1) is 22.8. The molecule has 0 unspecified atom stereocenters. The van der Waals surface area contributed by atoms with E-state index in [0.717, 1.165) is 44.9 Å². The van der Waals surface area contributed by atoms with Gasteiger partial charge in [0, 0.05) is 51.1 Å². The normalized spacial score (nSPS) is 12.3. The lowest BCUT2D eigenvalue weighted by atomic mass is 10.0. The summed E-state index contributed by atoms with van der Waals surface area (Å²) >= 11 is 1.74. The van der Waals surface area contributed by atoms with Gasteiger partial charge < -0.3 is 10.3 Å². The summed E-state index contributed by atoms with van der Waals surface area (Å²) in [6.07, 6.45) is 11.8. The molecule has 0 atom stereocenters. The highest BCUT2D eigenvalue weighted by atomic mass is 32.1. The fourth-order valence-electron chi connectivity index (χ4n) is 4.17. The highest BCUT2D eigenvalue weighted by Crippen LogP contribution is 2.35. The van der Waals surface area contributed by atoms with E-state index in [1.165, 1.54) is 16.0 Å². The summed E-state index contributed by atoms with van der Waals surface area (Å²) in [5, 5.41) is 14.3. The summed E-state index contributed by atoms with van der Waals surface area (Å²) in [5.74, 6) is 0. The van der Waals surface area contributed by atoms with Crippen LogP contribution in [0.4, 0.5) is 5.69 Å². The van der Waals surface area contributed by atoms with Crippen LogP contribution < -0.4 is 5.32 Å². The van der Waals surface area contributed by atoms with E-state index in [1.54, 1.807) is 11.3 Å². The van der Waals surface area contributed by atoms with Crippen LogP contribution >= 0.6 is 11.3 Å². The Hall–Kier alpha value is -3.97. The number of hydrogen-bond donors (Lipinski definition) is 3. The van der Waals surface area contributed by atoms with Gasteiger partial charge in [0.25, 0.3) is 0 Å². The van der Waals surface area contributed by atoms with Gasteiger partial charge in [0.15, 0.2) is 0 Å². The maximum absolute atomic E-state index is 4.66. The lowest BCUT2D eigenvalue weighted by Crippen LogP contribution is -2.09. The van der Waals surface area contributed by atoms with Crippen LogP contribution in [-0.2, 0) is 0 Å². The van der Waals surface area contributed by atoms with Crippen molar-refractivity contribution in [2.45, 2.75) is 33.7 Å². The summed E-state index contributed by atoms with van der Waals surface area (Å²) in [6.45, 7) is 8.36. The molecule has 3 N–H and O–H groups in total. The van der Waals surface area contributed by atoms with E-state index in [2.05, 4.69) is 99.1 Å². The number of nitrogens with one attached hydrogen (secondary N) is 3. The van der Waals surface area contributed by atoms with Gasteiger partial charge >= 0.3 is 0 Å². The van der Waals surface area contributed by atoms with E-state index < -0.39 is 0 Å². The number of pyridine rings is 2. The standard InChI is InChI=1S/C28H28N6S/c1-5-6-8-21(27-9-7-10-35-27)22-12-25(32-18(22)4)28-23-13-24(30-16-26(23)33-34-28)19-11-20(15-29-14-19)31-17(2)3/h5-17,31-32H,1-4H3,(H,33,34)/b6-5-,21-8+. The lowest BCUT2D eigenvalue weighted by molar-refractivity contribution is 0.898. The number of allylic oxidation sites excluding steroid dienone is 3. The van der Waals surface area contributed by atoms with Crippen LogP contribution in [-0.4, -0.2) is 31.2 Å². The minimum Gasteiger partial charge on any atom is -0.382 e. The van der Waals surface area contributed by atoms with Crippen molar-refractivity contribution in [3.8, 4) is 22.6 Å². The van der Waals surface area contributed by atoms with Crippen molar-refractivity contribution in [1.82, 2.24) is 25.1 Å². The predicted molar refractivity (Wildman–Crippen MR) is 147 cm³/mol. The first-order chi connectivity index (χ1) is 17.0. The van der Waals surface area contributed by atoms with E-state index in [9.17, 15) is 0 Å². The second kappa shape index (κ2) is 9.72. The number of nitrogens with zero attached hydrogens (tertiary/aromatic N) is 3. The van der Waals surface area contributed by atoms with Crippen molar-refractivity contribution in [3.05, 3.63) is 88.7 Å². The van der Waals surface area contributed by atoms with Gasteiger partial charge in [-0.3, -0.25) is 15.1 Å². The lowest BCUT2D eigenvalue weighted by Gasteiger charge is -2.10. The molecule has 7 heteroatoms. The van der Waals surface area contributed by atoms with Crippen molar-refractivity contribution in [3.63, 3.8) is 0 Å². The first-order valence-electron chi connectivity index (χ1n) is 11.7. The highest BCUT2D eigenvalue weighted by molar-refractivity contribution is 7.11. The second-order valence-electron chi connectivity index (χ2n) is 8.75. The summed E-state index contributed by atoms with van der Waals surface area (Å²) in [5.41, 5.74) is 9.00. The molecule has 5 aromatic rings. The molecule has 5 heterocycles. The number of anilines is 1. The zero-order valence-electron chi connectivity index (χ0n) is 20.3. The molecule has 0 amide bonds. The summed E-state index contributed by atoms with van der Waals surface area (Å²) in [7, 11) is 0. The molecule has 0 bridgehead atoms. The van der Waals surface area contributed by atoms with E-state index in [-0.39, 0.29) is 0 Å². The fraction of sp³-hybridized carbons (Fsp3) is 0.179. The Morgan fingerprint density at radius 2 is 2.03 bits per heavy atom. The summed E-state index contributed by atoms with van der Waals surface area (Å²) in [4.78, 5) is 13.9. The maximum atomic E-state index is 4.66. The molecule has 0 aromatic carbocycles. The van der Waals surface area contributed by atoms with Gasteiger partial charge in [0.1, 0.15) is 5.69 Å². The molecular formula is C28H28N6S. The molecule has 0 aliphatic carbocycles. The number of aryl methyl sites for hydroxylation is 1. The Kier molecular flexibility index (Phi) is 6.33. The van der Waals surface area contributed by atoms with Crippen LogP contribution in [0.1, 0.15) is 36.9 Å². The van der Waals surface area contributed by atoms with Gasteiger partial charge in [0.2, 0.25) is 0 Å². The number of aromatic nitrogens is 5. The summed E-state index contributed by atoms with van der Waals surface area (Å²) < 4.78 is 0. The van der Waals surface area contributed by atoms with Gasteiger partial charge in [-0.15, -0.1) is 11.3 Å². The Bertz CT molecular complexity index is 1520.